The third-order valence-corrected chi connectivity index (χ3v) is 3.00. The topological polar surface area (TPSA) is 59.8 Å². The number of rotatable bonds is 5. The van der Waals surface area contributed by atoms with Crippen molar-refractivity contribution in [2.75, 3.05) is 0 Å². The Labute approximate surface area is 112 Å². The Hall–Kier alpha value is -2.20. The molecule has 0 unspecified atom stereocenters. The monoisotopic (exact) mass is 257 g/mol. The second-order valence-corrected chi connectivity index (χ2v) is 4.61. The van der Waals surface area contributed by atoms with Crippen LogP contribution in [-0.4, -0.2) is 4.92 Å². The van der Waals surface area contributed by atoms with Crippen LogP contribution in [0.25, 0.3) is 0 Å². The minimum Gasteiger partial charge on any atom is -0.339 e. The van der Waals surface area contributed by atoms with E-state index in [0.29, 0.717) is 0 Å². The first kappa shape index (κ1) is 13.2. The highest BCUT2D eigenvalue weighted by molar-refractivity contribution is 5.33. The number of hydrogen-bond donors (Lipinski definition) is 1. The lowest BCUT2D eigenvalue weighted by molar-refractivity contribution is -0.686. The summed E-state index contributed by atoms with van der Waals surface area (Å²) in [5.41, 5.74) is 3.64. The minimum atomic E-state index is -0.358. The van der Waals surface area contributed by atoms with Crippen LogP contribution in [0.4, 0.5) is 5.69 Å². The van der Waals surface area contributed by atoms with Crippen LogP contribution < -0.4 is 5.32 Å². The molecule has 98 valence electrons. The van der Waals surface area contributed by atoms with Gasteiger partial charge in [-0.2, -0.15) is 0 Å². The van der Waals surface area contributed by atoms with E-state index < -0.39 is 0 Å². The molecule has 0 aliphatic rings. The van der Waals surface area contributed by atoms with E-state index in [1.54, 1.807) is 12.1 Å². The molecule has 2 aromatic rings. The van der Waals surface area contributed by atoms with Gasteiger partial charge in [0.25, 0.3) is 5.69 Å². The lowest BCUT2D eigenvalue weighted by Gasteiger charge is -2.03. The summed E-state index contributed by atoms with van der Waals surface area (Å²) < 4.78 is 0. The summed E-state index contributed by atoms with van der Waals surface area (Å²) in [5.74, 6) is 0. The van der Waals surface area contributed by atoms with Gasteiger partial charge in [0.15, 0.2) is 0 Å². The second kappa shape index (κ2) is 6.11. The number of aryl methyl sites for hydroxylation is 1. The molecular formula is C15H17N2O2+. The molecule has 19 heavy (non-hydrogen) atoms. The predicted octanol–water partition coefficient (Wildman–Crippen LogP) is 2.17. The van der Waals surface area contributed by atoms with Crippen LogP contribution in [0.1, 0.15) is 16.7 Å². The van der Waals surface area contributed by atoms with E-state index in [1.165, 1.54) is 17.2 Å². The summed E-state index contributed by atoms with van der Waals surface area (Å²) in [6.07, 6.45) is 0. The molecule has 0 radical (unpaired) electrons. The van der Waals surface area contributed by atoms with E-state index in [0.717, 1.165) is 18.7 Å². The molecule has 0 spiro atoms. The molecule has 2 rings (SSSR count). The SMILES string of the molecule is Cc1ccc(C[NH2+]Cc2cccc([N+](=O)[O-])c2)cc1. The highest BCUT2D eigenvalue weighted by atomic mass is 16.6. The van der Waals surface area contributed by atoms with Gasteiger partial charge in [-0.15, -0.1) is 0 Å². The molecule has 4 heteroatoms. The third kappa shape index (κ3) is 3.89. The normalized spacial score (nSPS) is 10.4. The number of non-ortho nitro benzene ring substituents is 1. The van der Waals surface area contributed by atoms with Gasteiger partial charge in [0.05, 0.1) is 4.92 Å². The Morgan fingerprint density at radius 2 is 1.74 bits per heavy atom. The Morgan fingerprint density at radius 1 is 1.05 bits per heavy atom. The molecule has 0 amide bonds. The summed E-state index contributed by atoms with van der Waals surface area (Å²) in [6, 6.07) is 15.2. The highest BCUT2D eigenvalue weighted by Gasteiger charge is 2.06. The van der Waals surface area contributed by atoms with Crippen LogP contribution in [0.15, 0.2) is 48.5 Å². The Kier molecular flexibility index (Phi) is 4.26. The van der Waals surface area contributed by atoms with Crippen molar-refractivity contribution in [3.8, 4) is 0 Å². The Balaban J connectivity index is 1.90. The number of hydrogen-bond acceptors (Lipinski definition) is 2. The van der Waals surface area contributed by atoms with Crippen LogP contribution in [0.5, 0.6) is 0 Å². The molecule has 0 aromatic heterocycles. The number of nitro groups is 1. The zero-order valence-electron chi connectivity index (χ0n) is 10.9. The van der Waals surface area contributed by atoms with Crippen molar-refractivity contribution < 1.29 is 10.2 Å². The molecule has 0 saturated heterocycles. The number of nitrogens with two attached hydrogens (primary N) is 1. The molecule has 0 bridgehead atoms. The van der Waals surface area contributed by atoms with Crippen LogP contribution in [0.3, 0.4) is 0 Å². The first-order chi connectivity index (χ1) is 9.15. The zero-order chi connectivity index (χ0) is 13.7. The quantitative estimate of drug-likeness (QED) is 0.659. The molecule has 2 N–H and O–H groups in total. The molecule has 0 aliphatic heterocycles. The average Bonchev–Trinajstić information content (AvgIpc) is 2.41. The number of nitro benzene ring substituents is 1. The summed E-state index contributed by atoms with van der Waals surface area (Å²) in [7, 11) is 0. The van der Waals surface area contributed by atoms with E-state index >= 15 is 0 Å². The highest BCUT2D eigenvalue weighted by Crippen LogP contribution is 2.12. The average molecular weight is 257 g/mol. The van der Waals surface area contributed by atoms with Crippen LogP contribution >= 0.6 is 0 Å². The smallest absolute Gasteiger partial charge is 0.269 e. The Bertz CT molecular complexity index is 565. The first-order valence-corrected chi connectivity index (χ1v) is 6.26. The van der Waals surface area contributed by atoms with Gasteiger partial charge >= 0.3 is 0 Å². The summed E-state index contributed by atoms with van der Waals surface area (Å²) in [4.78, 5) is 10.3. The van der Waals surface area contributed by atoms with Crippen LogP contribution in [0, 0.1) is 17.0 Å². The maximum atomic E-state index is 10.7. The molecule has 0 heterocycles. The fourth-order valence-electron chi connectivity index (χ4n) is 1.93. The fraction of sp³-hybridized carbons (Fsp3) is 0.200. The van der Waals surface area contributed by atoms with Crippen LogP contribution in [0.2, 0.25) is 0 Å². The van der Waals surface area contributed by atoms with Gasteiger partial charge in [0.1, 0.15) is 13.1 Å². The van der Waals surface area contributed by atoms with Crippen molar-refractivity contribution in [2.45, 2.75) is 20.0 Å². The molecule has 4 nitrogen and oxygen atoms in total. The molecule has 0 atom stereocenters. The fourth-order valence-corrected chi connectivity index (χ4v) is 1.93. The van der Waals surface area contributed by atoms with Crippen molar-refractivity contribution in [3.63, 3.8) is 0 Å². The van der Waals surface area contributed by atoms with Gasteiger partial charge in [0, 0.05) is 23.3 Å². The van der Waals surface area contributed by atoms with E-state index in [-0.39, 0.29) is 10.6 Å². The maximum Gasteiger partial charge on any atom is 0.269 e. The van der Waals surface area contributed by atoms with Gasteiger partial charge in [-0.05, 0) is 6.92 Å². The molecule has 2 aromatic carbocycles. The first-order valence-electron chi connectivity index (χ1n) is 6.26. The maximum absolute atomic E-state index is 10.7. The van der Waals surface area contributed by atoms with E-state index in [4.69, 9.17) is 0 Å². The summed E-state index contributed by atoms with van der Waals surface area (Å²) in [6.45, 7) is 3.69. The van der Waals surface area contributed by atoms with Gasteiger partial charge < -0.3 is 5.32 Å². The van der Waals surface area contributed by atoms with Gasteiger partial charge in [-0.25, -0.2) is 0 Å². The van der Waals surface area contributed by atoms with Crippen molar-refractivity contribution >= 4 is 5.69 Å². The standard InChI is InChI=1S/C15H16N2O2/c1-12-5-7-13(8-6-12)10-16-11-14-3-2-4-15(9-14)17(18)19/h2-9,16H,10-11H2,1H3/p+1. The van der Waals surface area contributed by atoms with E-state index in [9.17, 15) is 10.1 Å². The number of nitrogens with zero attached hydrogens (tertiary/aromatic N) is 1. The third-order valence-electron chi connectivity index (χ3n) is 3.00. The molecule has 0 aliphatic carbocycles. The van der Waals surface area contributed by atoms with Gasteiger partial charge in [-0.1, -0.05) is 42.0 Å². The number of quaternary nitrogens is 1. The largest absolute Gasteiger partial charge is 0.339 e. The lowest BCUT2D eigenvalue weighted by Crippen LogP contribution is -2.80. The Morgan fingerprint density at radius 3 is 2.42 bits per heavy atom. The van der Waals surface area contributed by atoms with Crippen molar-refractivity contribution in [1.82, 2.24) is 0 Å². The van der Waals surface area contributed by atoms with Crippen LogP contribution in [-0.2, 0) is 13.1 Å². The van der Waals surface area contributed by atoms with Gasteiger partial charge in [-0.3, -0.25) is 10.1 Å². The lowest BCUT2D eigenvalue weighted by atomic mass is 10.1. The summed E-state index contributed by atoms with van der Waals surface area (Å²) >= 11 is 0. The van der Waals surface area contributed by atoms with Crippen molar-refractivity contribution in [2.24, 2.45) is 0 Å². The molecule has 0 fully saturated rings. The second-order valence-electron chi connectivity index (χ2n) is 4.61. The minimum absolute atomic E-state index is 0.154. The van der Waals surface area contributed by atoms with E-state index in [2.05, 4.69) is 36.5 Å². The molecular weight excluding hydrogens is 240 g/mol. The zero-order valence-corrected chi connectivity index (χ0v) is 10.9. The van der Waals surface area contributed by atoms with Crippen molar-refractivity contribution in [3.05, 3.63) is 75.3 Å². The van der Waals surface area contributed by atoms with Gasteiger partial charge in [0.2, 0.25) is 0 Å². The van der Waals surface area contributed by atoms with E-state index in [1.807, 2.05) is 6.07 Å². The van der Waals surface area contributed by atoms with Crippen molar-refractivity contribution in [1.29, 1.82) is 0 Å². The molecule has 0 saturated carbocycles. The predicted molar refractivity (Wildman–Crippen MR) is 73.6 cm³/mol. The summed E-state index contributed by atoms with van der Waals surface area (Å²) in [5, 5.41) is 12.8. The number of benzene rings is 2.